The van der Waals surface area contributed by atoms with E-state index < -0.39 is 0 Å². The van der Waals surface area contributed by atoms with Gasteiger partial charge in [0.25, 0.3) is 0 Å². The molecule has 49 heavy (non-hydrogen) atoms. The molecule has 7 aromatic carbocycles. The van der Waals surface area contributed by atoms with Gasteiger partial charge in [-0.1, -0.05) is 126 Å². The zero-order valence-electron chi connectivity index (χ0n) is 27.7. The topological polar surface area (TPSA) is 8.17 Å². The van der Waals surface area contributed by atoms with Crippen LogP contribution >= 0.6 is 0 Å². The lowest BCUT2D eigenvalue weighted by Crippen LogP contribution is -2.10. The van der Waals surface area contributed by atoms with Crippen LogP contribution in [-0.2, 0) is 0 Å². The van der Waals surface area contributed by atoms with Gasteiger partial charge in [0.1, 0.15) is 0 Å². The maximum atomic E-state index is 2.40. The first-order chi connectivity index (χ1) is 24.1. The van der Waals surface area contributed by atoms with Crippen molar-refractivity contribution in [3.8, 4) is 28.1 Å². The summed E-state index contributed by atoms with van der Waals surface area (Å²) >= 11 is 0. The Morgan fingerprint density at radius 1 is 0.469 bits per heavy atom. The van der Waals surface area contributed by atoms with E-state index in [0.717, 1.165) is 22.7 Å². The maximum Gasteiger partial charge on any atom is 0.0540 e. The number of hydrogen-bond donors (Lipinski definition) is 0. The third kappa shape index (κ3) is 5.05. The number of aryl methyl sites for hydroxylation is 2. The second kappa shape index (κ2) is 11.8. The summed E-state index contributed by atoms with van der Waals surface area (Å²) in [4.78, 5) is 2.33. The van der Waals surface area contributed by atoms with Crippen molar-refractivity contribution in [2.45, 2.75) is 19.8 Å². The van der Waals surface area contributed by atoms with Gasteiger partial charge in [0.15, 0.2) is 0 Å². The van der Waals surface area contributed by atoms with E-state index in [1.54, 1.807) is 0 Å². The Bertz CT molecular complexity index is 2340. The number of fused-ring (bicyclic) bond motifs is 4. The Morgan fingerprint density at radius 2 is 0.959 bits per heavy atom. The molecule has 1 aliphatic rings. The van der Waals surface area contributed by atoms with Crippen molar-refractivity contribution in [1.82, 2.24) is 4.57 Å². The lowest BCUT2D eigenvalue weighted by molar-refractivity contribution is 1.01. The fourth-order valence-electron chi connectivity index (χ4n) is 7.59. The summed E-state index contributed by atoms with van der Waals surface area (Å²) < 4.78 is 2.40. The Labute approximate surface area is 288 Å². The molecule has 0 radical (unpaired) electrons. The van der Waals surface area contributed by atoms with Gasteiger partial charge in [-0.15, -0.1) is 0 Å². The summed E-state index contributed by atoms with van der Waals surface area (Å²) in [5, 5.41) is 1.23. The normalized spacial score (nSPS) is 12.2. The zero-order chi connectivity index (χ0) is 32.9. The Kier molecular flexibility index (Phi) is 7.02. The van der Waals surface area contributed by atoms with E-state index in [9.17, 15) is 0 Å². The molecular weight excluding hydrogens is 593 g/mol. The summed E-state index contributed by atoms with van der Waals surface area (Å²) in [5.41, 5.74) is 17.4. The number of nitrogens with zero attached hydrogens (tertiary/aromatic N) is 2. The molecule has 0 N–H and O–H groups in total. The molecule has 0 saturated carbocycles. The van der Waals surface area contributed by atoms with E-state index >= 15 is 0 Å². The van der Waals surface area contributed by atoms with Gasteiger partial charge < -0.3 is 9.47 Å². The van der Waals surface area contributed by atoms with Gasteiger partial charge in [-0.2, -0.15) is 0 Å². The standard InChI is InChI=1S/C47H36N2/c1-32-15-23-37(24-16-32)48(38-25-17-33(2)18-26-38)39-27-29-40(30-28-39)49-45-14-8-3-9-36(45)31-46(49)34-19-21-35(22-20-34)47-43-12-6-4-10-41(43)42-11-5-7-13-44(42)47/h3-31,47H,1-2H3. The number of hydrogen-bond acceptors (Lipinski definition) is 1. The molecule has 0 amide bonds. The highest BCUT2D eigenvalue weighted by molar-refractivity contribution is 5.90. The average molecular weight is 629 g/mol. The first kappa shape index (κ1) is 29.1. The van der Waals surface area contributed by atoms with Crippen molar-refractivity contribution in [3.05, 3.63) is 204 Å². The summed E-state index contributed by atoms with van der Waals surface area (Å²) in [6.07, 6.45) is 0. The SMILES string of the molecule is Cc1ccc(N(c2ccc(C)cc2)c2ccc(-n3c(-c4ccc(C5c6ccccc6-c6ccccc65)cc4)cc4ccccc43)cc2)cc1. The van der Waals surface area contributed by atoms with Crippen LogP contribution in [0.4, 0.5) is 17.1 Å². The molecule has 0 fully saturated rings. The molecule has 9 rings (SSSR count). The molecule has 1 aromatic heterocycles. The first-order valence-corrected chi connectivity index (χ1v) is 17.1. The van der Waals surface area contributed by atoms with E-state index in [-0.39, 0.29) is 5.92 Å². The van der Waals surface area contributed by atoms with Gasteiger partial charge in [0, 0.05) is 34.1 Å². The first-order valence-electron chi connectivity index (χ1n) is 17.1. The Hall–Kier alpha value is -6.12. The number of rotatable bonds is 6. The van der Waals surface area contributed by atoms with Crippen LogP contribution in [0.5, 0.6) is 0 Å². The highest BCUT2D eigenvalue weighted by atomic mass is 15.1. The monoisotopic (exact) mass is 628 g/mol. The number of aromatic nitrogens is 1. The number of benzene rings is 7. The van der Waals surface area contributed by atoms with Crippen LogP contribution < -0.4 is 4.90 Å². The fraction of sp³-hybridized carbons (Fsp3) is 0.0638. The largest absolute Gasteiger partial charge is 0.311 e. The van der Waals surface area contributed by atoms with Crippen LogP contribution in [0.2, 0.25) is 0 Å². The molecule has 2 heteroatoms. The summed E-state index contributed by atoms with van der Waals surface area (Å²) in [6.45, 7) is 4.27. The Morgan fingerprint density at radius 3 is 1.53 bits per heavy atom. The van der Waals surface area contributed by atoms with Crippen molar-refractivity contribution in [2.75, 3.05) is 4.90 Å². The molecule has 0 saturated heterocycles. The van der Waals surface area contributed by atoms with Crippen molar-refractivity contribution < 1.29 is 0 Å². The van der Waals surface area contributed by atoms with Gasteiger partial charge in [0.05, 0.1) is 11.2 Å². The van der Waals surface area contributed by atoms with Gasteiger partial charge in [0.2, 0.25) is 0 Å². The van der Waals surface area contributed by atoms with Crippen LogP contribution in [-0.4, -0.2) is 4.57 Å². The van der Waals surface area contributed by atoms with Gasteiger partial charge >= 0.3 is 0 Å². The highest BCUT2D eigenvalue weighted by Gasteiger charge is 2.29. The molecule has 0 aliphatic heterocycles. The van der Waals surface area contributed by atoms with E-state index in [1.165, 1.54) is 61.1 Å². The minimum Gasteiger partial charge on any atom is -0.311 e. The number of para-hydroxylation sites is 1. The molecular formula is C47H36N2. The molecule has 234 valence electrons. The molecule has 1 aliphatic carbocycles. The van der Waals surface area contributed by atoms with Crippen molar-refractivity contribution in [2.24, 2.45) is 0 Å². The molecule has 1 heterocycles. The van der Waals surface area contributed by atoms with Crippen molar-refractivity contribution in [1.29, 1.82) is 0 Å². The molecule has 0 spiro atoms. The second-order valence-electron chi connectivity index (χ2n) is 13.2. The molecule has 8 aromatic rings. The predicted octanol–water partition coefficient (Wildman–Crippen LogP) is 12.5. The van der Waals surface area contributed by atoms with Gasteiger partial charge in [-0.25, -0.2) is 0 Å². The smallest absolute Gasteiger partial charge is 0.0540 e. The zero-order valence-corrected chi connectivity index (χ0v) is 27.7. The van der Waals surface area contributed by atoms with Crippen molar-refractivity contribution >= 4 is 28.0 Å². The maximum absolute atomic E-state index is 2.40. The molecule has 0 bridgehead atoms. The highest BCUT2D eigenvalue weighted by Crippen LogP contribution is 2.48. The van der Waals surface area contributed by atoms with Crippen LogP contribution in [0.3, 0.4) is 0 Å². The lowest BCUT2D eigenvalue weighted by atomic mass is 9.89. The number of anilines is 3. The molecule has 0 unspecified atom stereocenters. The van der Waals surface area contributed by atoms with Gasteiger partial charge in [-0.3, -0.25) is 0 Å². The average Bonchev–Trinajstić information content (AvgIpc) is 3.70. The second-order valence-corrected chi connectivity index (χ2v) is 13.2. The predicted molar refractivity (Wildman–Crippen MR) is 206 cm³/mol. The van der Waals surface area contributed by atoms with E-state index in [0.29, 0.717) is 0 Å². The minimum absolute atomic E-state index is 0.241. The summed E-state index contributed by atoms with van der Waals surface area (Å²) in [7, 11) is 0. The van der Waals surface area contributed by atoms with Crippen LogP contribution in [0.25, 0.3) is 39.0 Å². The van der Waals surface area contributed by atoms with E-state index in [4.69, 9.17) is 0 Å². The van der Waals surface area contributed by atoms with E-state index in [2.05, 4.69) is 199 Å². The van der Waals surface area contributed by atoms with Crippen LogP contribution in [0, 0.1) is 13.8 Å². The molecule has 0 atom stereocenters. The molecule has 2 nitrogen and oxygen atoms in total. The third-order valence-electron chi connectivity index (χ3n) is 10.0. The van der Waals surface area contributed by atoms with Crippen molar-refractivity contribution in [3.63, 3.8) is 0 Å². The van der Waals surface area contributed by atoms with E-state index in [1.807, 2.05) is 0 Å². The summed E-state index contributed by atoms with van der Waals surface area (Å²) in [6, 6.07) is 64.5. The lowest BCUT2D eigenvalue weighted by Gasteiger charge is -2.26. The van der Waals surface area contributed by atoms with Crippen LogP contribution in [0.1, 0.15) is 33.7 Å². The third-order valence-corrected chi connectivity index (χ3v) is 10.0. The van der Waals surface area contributed by atoms with Crippen LogP contribution in [0.15, 0.2) is 176 Å². The summed E-state index contributed by atoms with van der Waals surface area (Å²) in [5.74, 6) is 0.241. The minimum atomic E-state index is 0.241. The van der Waals surface area contributed by atoms with Gasteiger partial charge in [-0.05, 0) is 108 Å². The Balaban J connectivity index is 1.11. The quantitative estimate of drug-likeness (QED) is 0.178. The fourth-order valence-corrected chi connectivity index (χ4v) is 7.59.